The van der Waals surface area contributed by atoms with Crippen molar-refractivity contribution in [2.75, 3.05) is 6.54 Å². The Balaban J connectivity index is 3.68. The quantitative estimate of drug-likeness (QED) is 0.467. The van der Waals surface area contributed by atoms with Gasteiger partial charge in [0, 0.05) is 12.1 Å². The van der Waals surface area contributed by atoms with Gasteiger partial charge in [0.2, 0.25) is 0 Å². The molecule has 0 aliphatic carbocycles. The van der Waals surface area contributed by atoms with E-state index in [1.807, 2.05) is 0 Å². The molecule has 15 heteroatoms. The van der Waals surface area contributed by atoms with Crippen LogP contribution >= 0.6 is 0 Å². The lowest BCUT2D eigenvalue weighted by Crippen LogP contribution is -2.28. The Morgan fingerprint density at radius 2 is 1.34 bits per heavy atom. The predicted molar refractivity (Wildman–Crippen MR) is 88.9 cm³/mol. The molecule has 0 heterocycles. The van der Waals surface area contributed by atoms with Crippen LogP contribution in [0.3, 0.4) is 0 Å². The fraction of sp³-hybridized carbons (Fsp3) is 0.588. The van der Waals surface area contributed by atoms with E-state index in [4.69, 9.17) is 10.8 Å². The van der Waals surface area contributed by atoms with E-state index in [2.05, 4.69) is 14.2 Å². The lowest BCUT2D eigenvalue weighted by atomic mass is 9.82. The first-order chi connectivity index (χ1) is 14.3. The minimum absolute atomic E-state index is 0.177. The second kappa shape index (κ2) is 9.92. The number of carboxylic acid groups (broad SMARTS) is 1. The van der Waals surface area contributed by atoms with Gasteiger partial charge in [0.1, 0.15) is 5.75 Å². The molecule has 1 rings (SSSR count). The van der Waals surface area contributed by atoms with Gasteiger partial charge in [-0.15, -0.1) is 39.5 Å². The Hall–Kier alpha value is -2.58. The Bertz CT molecular complexity index is 792. The molecular formula is C17H18F9NO5. The third-order valence-corrected chi connectivity index (χ3v) is 4.39. The van der Waals surface area contributed by atoms with Gasteiger partial charge in [-0.25, -0.2) is 0 Å². The number of rotatable bonds is 9. The third-order valence-electron chi connectivity index (χ3n) is 4.39. The van der Waals surface area contributed by atoms with Crippen LogP contribution in [0.2, 0.25) is 0 Å². The summed E-state index contributed by atoms with van der Waals surface area (Å²) in [5.41, 5.74) is 4.26. The van der Waals surface area contributed by atoms with Crippen molar-refractivity contribution in [2.45, 2.75) is 45.3 Å². The smallest absolute Gasteiger partial charge is 0.481 e. The maximum Gasteiger partial charge on any atom is 0.573 e. The average molecular weight is 487 g/mol. The molecule has 0 saturated heterocycles. The molecule has 3 atom stereocenters. The molecule has 32 heavy (non-hydrogen) atoms. The van der Waals surface area contributed by atoms with Crippen LogP contribution in [0.5, 0.6) is 17.2 Å². The van der Waals surface area contributed by atoms with Gasteiger partial charge >= 0.3 is 25.1 Å². The summed E-state index contributed by atoms with van der Waals surface area (Å²) in [6.45, 7) is 1.93. The van der Waals surface area contributed by atoms with Crippen LogP contribution < -0.4 is 19.9 Å². The van der Waals surface area contributed by atoms with E-state index in [1.165, 1.54) is 6.92 Å². The zero-order valence-corrected chi connectivity index (χ0v) is 16.4. The Kier molecular flexibility index (Phi) is 8.51. The molecule has 0 fully saturated rings. The number of alkyl halides is 9. The van der Waals surface area contributed by atoms with Crippen molar-refractivity contribution in [1.29, 1.82) is 0 Å². The van der Waals surface area contributed by atoms with Crippen molar-refractivity contribution in [3.63, 3.8) is 0 Å². The van der Waals surface area contributed by atoms with Crippen LogP contribution in [-0.4, -0.2) is 36.7 Å². The predicted octanol–water partition coefficient (Wildman–Crippen LogP) is 5.17. The van der Waals surface area contributed by atoms with Gasteiger partial charge in [0.05, 0.1) is 5.92 Å². The van der Waals surface area contributed by atoms with Crippen LogP contribution in [-0.2, 0) is 4.79 Å². The lowest BCUT2D eigenvalue weighted by molar-refractivity contribution is -0.288. The van der Waals surface area contributed by atoms with Gasteiger partial charge in [-0.3, -0.25) is 4.79 Å². The zero-order chi connectivity index (χ0) is 25.1. The van der Waals surface area contributed by atoms with Crippen LogP contribution in [0.15, 0.2) is 12.1 Å². The molecular weight excluding hydrogens is 469 g/mol. The van der Waals surface area contributed by atoms with Gasteiger partial charge in [-0.2, -0.15) is 0 Å². The van der Waals surface area contributed by atoms with Crippen LogP contribution in [0.4, 0.5) is 39.5 Å². The molecule has 0 saturated carbocycles. The minimum atomic E-state index is -5.61. The first-order valence-electron chi connectivity index (χ1n) is 8.71. The fourth-order valence-electron chi connectivity index (χ4n) is 2.87. The van der Waals surface area contributed by atoms with E-state index in [-0.39, 0.29) is 12.5 Å². The second-order valence-corrected chi connectivity index (χ2v) is 6.72. The van der Waals surface area contributed by atoms with Crippen molar-refractivity contribution < 1.29 is 63.6 Å². The monoisotopic (exact) mass is 487 g/mol. The molecule has 1 aromatic carbocycles. The number of nitrogens with two attached hydrogens (primary N) is 1. The first kappa shape index (κ1) is 27.5. The summed E-state index contributed by atoms with van der Waals surface area (Å²) in [7, 11) is 0. The molecule has 0 aliphatic heterocycles. The normalized spacial score (nSPS) is 15.6. The molecule has 6 nitrogen and oxygen atoms in total. The molecule has 0 amide bonds. The molecule has 0 spiro atoms. The summed E-state index contributed by atoms with van der Waals surface area (Å²) in [6, 6.07) is 0.518. The highest BCUT2D eigenvalue weighted by molar-refractivity contribution is 5.70. The van der Waals surface area contributed by atoms with E-state index >= 15 is 0 Å². The number of carbonyl (C=O) groups is 1. The van der Waals surface area contributed by atoms with Crippen LogP contribution in [0.1, 0.15) is 31.7 Å². The standard InChI is InChI=1S/C17H18F9NO5/c1-7(5-9(6-27)14(28)29)8(2)12-10(30-15(18,19)20)3-4-11(31-16(21,22)23)13(12)32-17(24,25)26/h3-4,7-9H,5-6,27H2,1-2H3,(H,28,29). The van der Waals surface area contributed by atoms with E-state index in [1.54, 1.807) is 0 Å². The van der Waals surface area contributed by atoms with Gasteiger partial charge < -0.3 is 25.1 Å². The van der Waals surface area contributed by atoms with Crippen molar-refractivity contribution in [3.8, 4) is 17.2 Å². The number of hydrogen-bond acceptors (Lipinski definition) is 5. The van der Waals surface area contributed by atoms with Crippen LogP contribution in [0.25, 0.3) is 0 Å². The van der Waals surface area contributed by atoms with Crippen molar-refractivity contribution in [2.24, 2.45) is 17.6 Å². The van der Waals surface area contributed by atoms with Gasteiger partial charge in [0.15, 0.2) is 11.5 Å². The zero-order valence-electron chi connectivity index (χ0n) is 16.4. The SMILES string of the molecule is CC(CC(CN)C(=O)O)C(C)c1c(OC(F)(F)F)ccc(OC(F)(F)F)c1OC(F)(F)F. The first-order valence-corrected chi connectivity index (χ1v) is 8.71. The lowest BCUT2D eigenvalue weighted by Gasteiger charge is -2.28. The Morgan fingerprint density at radius 3 is 1.75 bits per heavy atom. The molecule has 3 unspecified atom stereocenters. The second-order valence-electron chi connectivity index (χ2n) is 6.72. The van der Waals surface area contributed by atoms with E-state index < -0.39 is 72.2 Å². The molecule has 1 aromatic rings. The number of hydrogen-bond donors (Lipinski definition) is 2. The van der Waals surface area contributed by atoms with Gasteiger partial charge in [-0.05, 0) is 30.4 Å². The van der Waals surface area contributed by atoms with Gasteiger partial charge in [-0.1, -0.05) is 13.8 Å². The summed E-state index contributed by atoms with van der Waals surface area (Å²) in [5, 5.41) is 9.09. The largest absolute Gasteiger partial charge is 0.573 e. The molecule has 0 radical (unpaired) electrons. The average Bonchev–Trinajstić information content (AvgIpc) is 2.57. The Morgan fingerprint density at radius 1 is 0.906 bits per heavy atom. The summed E-state index contributed by atoms with van der Waals surface area (Å²) >= 11 is 0. The third kappa shape index (κ3) is 8.51. The number of carboxylic acids is 1. The number of benzene rings is 1. The highest BCUT2D eigenvalue weighted by atomic mass is 19.4. The summed E-state index contributed by atoms with van der Waals surface area (Å²) < 4.78 is 126. The molecule has 184 valence electrons. The molecule has 0 aromatic heterocycles. The molecule has 0 aliphatic rings. The van der Waals surface area contributed by atoms with Crippen molar-refractivity contribution in [3.05, 3.63) is 17.7 Å². The topological polar surface area (TPSA) is 91.0 Å². The molecule has 0 bridgehead atoms. The van der Waals surface area contributed by atoms with Crippen LogP contribution in [0, 0.1) is 11.8 Å². The van der Waals surface area contributed by atoms with Crippen molar-refractivity contribution in [1.82, 2.24) is 0 Å². The summed E-state index contributed by atoms with van der Waals surface area (Å²) in [4.78, 5) is 11.2. The maximum atomic E-state index is 12.9. The maximum absolute atomic E-state index is 12.9. The van der Waals surface area contributed by atoms with E-state index in [0.717, 1.165) is 6.92 Å². The Labute approximate surface area is 175 Å². The summed E-state index contributed by atoms with van der Waals surface area (Å²) in [6.07, 6.45) is -16.9. The number of ether oxygens (including phenoxy) is 3. The van der Waals surface area contributed by atoms with E-state index in [9.17, 15) is 44.3 Å². The highest BCUT2D eigenvalue weighted by Gasteiger charge is 2.42. The number of aliphatic carboxylic acids is 1. The van der Waals surface area contributed by atoms with Crippen molar-refractivity contribution >= 4 is 5.97 Å². The fourth-order valence-corrected chi connectivity index (χ4v) is 2.87. The highest BCUT2D eigenvalue weighted by Crippen LogP contribution is 2.49. The molecule has 3 N–H and O–H groups in total. The minimum Gasteiger partial charge on any atom is -0.481 e. The van der Waals surface area contributed by atoms with E-state index in [0.29, 0.717) is 6.07 Å². The van der Waals surface area contributed by atoms with Gasteiger partial charge in [0.25, 0.3) is 0 Å². The number of halogens is 9. The summed E-state index contributed by atoms with van der Waals surface area (Å²) in [5.74, 6) is -9.55.